The molecule has 0 heterocycles. The molecule has 0 saturated heterocycles. The first-order chi connectivity index (χ1) is 11.1. The molecule has 0 amide bonds. The zero-order valence-electron chi connectivity index (χ0n) is 17.5. The molecule has 0 aromatic carbocycles. The summed E-state index contributed by atoms with van der Waals surface area (Å²) >= 11 is 0. The molecule has 0 aliphatic carbocycles. The van der Waals surface area contributed by atoms with Crippen LogP contribution in [0, 0.1) is 0 Å². The van der Waals surface area contributed by atoms with Gasteiger partial charge in [-0.2, -0.15) is 0 Å². The van der Waals surface area contributed by atoms with E-state index in [1.54, 1.807) is 0 Å². The van der Waals surface area contributed by atoms with Crippen LogP contribution in [0.4, 0.5) is 0 Å². The van der Waals surface area contributed by atoms with Crippen molar-refractivity contribution in [2.75, 3.05) is 0 Å². The maximum atomic E-state index is 8.11. The molecule has 0 unspecified atom stereocenters. The molecule has 0 saturated carbocycles. The van der Waals surface area contributed by atoms with E-state index in [4.69, 9.17) is 40.9 Å². The Bertz CT molecular complexity index is 160. The predicted molar refractivity (Wildman–Crippen MR) is 99.8 cm³/mol. The van der Waals surface area contributed by atoms with Gasteiger partial charge in [-0.05, 0) is 25.7 Å². The summed E-state index contributed by atoms with van der Waals surface area (Å²) in [6.07, 6.45) is 0.861. The van der Waals surface area contributed by atoms with E-state index >= 15 is 0 Å². The zero-order chi connectivity index (χ0) is 20.0. The van der Waals surface area contributed by atoms with Crippen LogP contribution in [-0.2, 0) is 43.4 Å². The summed E-state index contributed by atoms with van der Waals surface area (Å²) in [6.45, 7) is 7.61. The van der Waals surface area contributed by atoms with Crippen molar-refractivity contribution in [3.05, 3.63) is 0 Å². The van der Waals surface area contributed by atoms with Crippen molar-refractivity contribution >= 4 is 0 Å². The molecule has 0 bridgehead atoms. The summed E-state index contributed by atoms with van der Waals surface area (Å²) in [4.78, 5) is 0. The quantitative estimate of drug-likeness (QED) is 0.150. The van der Waals surface area contributed by atoms with Crippen LogP contribution in [0.25, 0.3) is 0 Å². The van der Waals surface area contributed by atoms with Gasteiger partial charge < -0.3 is 51.8 Å². The molecule has 12 N–H and O–H groups in total. The van der Waals surface area contributed by atoms with Gasteiger partial charge in [-0.1, -0.05) is 53.4 Å². The summed E-state index contributed by atoms with van der Waals surface area (Å²) in [5.41, 5.74) is 0. The van der Waals surface area contributed by atoms with Gasteiger partial charge in [0.15, 0.2) is 25.2 Å². The van der Waals surface area contributed by atoms with Crippen molar-refractivity contribution in [2.45, 2.75) is 104 Å². The van der Waals surface area contributed by atoms with Gasteiger partial charge >= 0.3 is 0 Å². The van der Waals surface area contributed by atoms with E-state index in [0.717, 1.165) is 25.7 Å². The number of hydrogen-bond donors (Lipinski definition) is 8. The monoisotopic (exact) mass is 492 g/mol. The molecule has 0 atom stereocenters. The van der Waals surface area contributed by atoms with Gasteiger partial charge in [0, 0.05) is 43.4 Å². The van der Waals surface area contributed by atoms with E-state index in [1.807, 2.05) is 27.7 Å². The van der Waals surface area contributed by atoms with Crippen LogP contribution in [0.5, 0.6) is 0 Å². The zero-order valence-corrected chi connectivity index (χ0v) is 20.7. The number of hydrogen-bond acceptors (Lipinski definition) is 8. The van der Waals surface area contributed by atoms with Gasteiger partial charge in [-0.3, -0.25) is 0 Å². The Labute approximate surface area is 199 Å². The molecule has 0 rings (SSSR count). The van der Waals surface area contributed by atoms with Crippen LogP contribution in [-0.4, -0.2) is 77.0 Å². The van der Waals surface area contributed by atoms with Crippen molar-refractivity contribution in [1.29, 1.82) is 0 Å². The van der Waals surface area contributed by atoms with Crippen molar-refractivity contribution < 1.29 is 95.2 Å². The van der Waals surface area contributed by atoms with Crippen LogP contribution in [0.2, 0.25) is 0 Å². The largest absolute Gasteiger partial charge is 0.412 e. The van der Waals surface area contributed by atoms with Gasteiger partial charge in [0.05, 0.1) is 0 Å². The molecule has 0 spiro atoms. The third-order valence-electron chi connectivity index (χ3n) is 2.19. The molecule has 0 aliphatic rings. The minimum Gasteiger partial charge on any atom is -0.412 e. The molecule has 0 radical (unpaired) electrons. The molecular formula is C16H44O10Ti2. The molecule has 12 heteroatoms. The van der Waals surface area contributed by atoms with E-state index in [2.05, 4.69) is 0 Å². The van der Waals surface area contributed by atoms with Crippen molar-refractivity contribution in [2.24, 2.45) is 0 Å². The second kappa shape index (κ2) is 46.3. The molecular weight excluding hydrogens is 448 g/mol. The van der Waals surface area contributed by atoms with E-state index in [0.29, 0.717) is 25.7 Å². The minimum absolute atomic E-state index is 0. The van der Waals surface area contributed by atoms with Crippen molar-refractivity contribution in [3.63, 3.8) is 0 Å². The fourth-order valence-corrected chi connectivity index (χ4v) is 1.03. The average Bonchev–Trinajstić information content (AvgIpc) is 2.39. The van der Waals surface area contributed by atoms with Gasteiger partial charge in [0.1, 0.15) is 0 Å². The van der Waals surface area contributed by atoms with E-state index in [1.165, 1.54) is 0 Å². The standard InChI is InChI=1S/4C4H10O2.2H2O.2Ti/c4*1-2-3-4(5)6;;;;/h4*4-6H,2-3H2,1H3;2*1H2;;. The molecule has 0 fully saturated rings. The fourth-order valence-electron chi connectivity index (χ4n) is 1.03. The third kappa shape index (κ3) is 108. The second-order valence-electron chi connectivity index (χ2n) is 5.08. The topological polar surface area (TPSA) is 225 Å². The summed E-state index contributed by atoms with van der Waals surface area (Å²) in [6, 6.07) is 0. The summed E-state index contributed by atoms with van der Waals surface area (Å²) in [5, 5.41) is 64.9. The van der Waals surface area contributed by atoms with Crippen molar-refractivity contribution in [3.8, 4) is 0 Å². The summed E-state index contributed by atoms with van der Waals surface area (Å²) in [5.74, 6) is 0. The van der Waals surface area contributed by atoms with Crippen LogP contribution < -0.4 is 0 Å². The van der Waals surface area contributed by atoms with Gasteiger partial charge in [-0.25, -0.2) is 0 Å². The maximum absolute atomic E-state index is 8.11. The van der Waals surface area contributed by atoms with Crippen LogP contribution in [0.15, 0.2) is 0 Å². The minimum atomic E-state index is -1.10. The molecule has 176 valence electrons. The Morgan fingerprint density at radius 1 is 0.393 bits per heavy atom. The van der Waals surface area contributed by atoms with Crippen molar-refractivity contribution in [1.82, 2.24) is 0 Å². The SMILES string of the molecule is CCCC(O)O.CCCC(O)O.CCCC(O)O.CCCC(O)O.O.O.[Ti].[Ti]. The number of aliphatic hydroxyl groups excluding tert-OH is 4. The third-order valence-corrected chi connectivity index (χ3v) is 2.19. The normalized spacial score (nSPS) is 8.57. The predicted octanol–water partition coefficient (Wildman–Crippen LogP) is -1.27. The Kier molecular flexibility index (Phi) is 85.3. The smallest absolute Gasteiger partial charge is 0.151 e. The second-order valence-corrected chi connectivity index (χ2v) is 5.08. The Morgan fingerprint density at radius 3 is 0.500 bits per heavy atom. The summed E-state index contributed by atoms with van der Waals surface area (Å²) < 4.78 is 0. The van der Waals surface area contributed by atoms with Gasteiger partial charge in [0.2, 0.25) is 0 Å². The maximum Gasteiger partial charge on any atom is 0.151 e. The van der Waals surface area contributed by atoms with E-state index in [-0.39, 0.29) is 54.4 Å². The number of rotatable bonds is 8. The first kappa shape index (κ1) is 51.6. The van der Waals surface area contributed by atoms with E-state index in [9.17, 15) is 0 Å². The molecule has 0 aromatic heterocycles. The van der Waals surface area contributed by atoms with Crippen LogP contribution in [0.3, 0.4) is 0 Å². The first-order valence-electron chi connectivity index (χ1n) is 8.53. The Balaban J connectivity index is -0.0000000303. The van der Waals surface area contributed by atoms with E-state index < -0.39 is 25.2 Å². The molecule has 10 nitrogen and oxygen atoms in total. The summed E-state index contributed by atoms with van der Waals surface area (Å²) in [7, 11) is 0. The molecule has 28 heavy (non-hydrogen) atoms. The number of aliphatic hydroxyl groups is 8. The van der Waals surface area contributed by atoms with Gasteiger partial charge in [-0.15, -0.1) is 0 Å². The Hall–Kier alpha value is 1.03. The van der Waals surface area contributed by atoms with Crippen LogP contribution in [0.1, 0.15) is 79.1 Å². The first-order valence-corrected chi connectivity index (χ1v) is 8.53. The molecule has 0 aromatic rings. The average molecular weight is 492 g/mol. The Morgan fingerprint density at radius 2 is 0.500 bits per heavy atom. The van der Waals surface area contributed by atoms with Crippen LogP contribution >= 0.6 is 0 Å². The van der Waals surface area contributed by atoms with Gasteiger partial charge in [0.25, 0.3) is 0 Å². The fraction of sp³-hybridized carbons (Fsp3) is 1.00. The molecule has 0 aliphatic heterocycles.